The molecule has 1 aliphatic rings. The van der Waals surface area contributed by atoms with Crippen LogP contribution in [0.2, 0.25) is 0 Å². The van der Waals surface area contributed by atoms with Gasteiger partial charge in [-0.2, -0.15) is 0 Å². The van der Waals surface area contributed by atoms with E-state index in [2.05, 4.69) is 32.1 Å². The van der Waals surface area contributed by atoms with Gasteiger partial charge < -0.3 is 0 Å². The zero-order valence-electron chi connectivity index (χ0n) is 8.89. The Morgan fingerprint density at radius 2 is 2.00 bits per heavy atom. The molecule has 0 aromatic carbocycles. The molecule has 0 saturated carbocycles. The topological polar surface area (TPSA) is 0 Å². The summed E-state index contributed by atoms with van der Waals surface area (Å²) in [5, 5.41) is 0. The van der Waals surface area contributed by atoms with Gasteiger partial charge in [-0.3, -0.25) is 0 Å². The SMILES string of the molecule is CCCCC1=CC(CC)C=C1.[Cl][Zr][Cl]. The zero-order chi connectivity index (χ0) is 10.8. The maximum absolute atomic E-state index is 4.93. The molecule has 80 valence electrons. The van der Waals surface area contributed by atoms with Gasteiger partial charge in [0.2, 0.25) is 0 Å². The summed E-state index contributed by atoms with van der Waals surface area (Å²) in [7, 11) is 9.87. The van der Waals surface area contributed by atoms with Crippen molar-refractivity contribution in [3.63, 3.8) is 0 Å². The van der Waals surface area contributed by atoms with Crippen molar-refractivity contribution in [3.8, 4) is 0 Å². The van der Waals surface area contributed by atoms with Crippen molar-refractivity contribution >= 4 is 17.0 Å². The molecule has 0 spiro atoms. The molecular formula is C11H18Cl2Zr. The molecule has 0 bridgehead atoms. The molecule has 0 aromatic heterocycles. The van der Waals surface area contributed by atoms with Crippen molar-refractivity contribution in [2.45, 2.75) is 39.5 Å². The van der Waals surface area contributed by atoms with Gasteiger partial charge in [0.05, 0.1) is 0 Å². The fraction of sp³-hybridized carbons (Fsp3) is 0.636. The molecule has 3 heteroatoms. The van der Waals surface area contributed by atoms with E-state index in [9.17, 15) is 0 Å². The summed E-state index contributed by atoms with van der Waals surface area (Å²) >= 11 is -0.826. The monoisotopic (exact) mass is 310 g/mol. The van der Waals surface area contributed by atoms with E-state index in [4.69, 9.17) is 17.0 Å². The summed E-state index contributed by atoms with van der Waals surface area (Å²) in [6.07, 6.45) is 12.2. The van der Waals surface area contributed by atoms with E-state index in [1.165, 1.54) is 25.7 Å². The van der Waals surface area contributed by atoms with Crippen LogP contribution in [0.5, 0.6) is 0 Å². The molecule has 0 amide bonds. The minimum absolute atomic E-state index is 0.738. The van der Waals surface area contributed by atoms with Gasteiger partial charge in [-0.05, 0) is 25.2 Å². The summed E-state index contributed by atoms with van der Waals surface area (Å²) in [6.45, 7) is 4.49. The average Bonchev–Trinajstić information content (AvgIpc) is 2.63. The molecule has 1 unspecified atom stereocenters. The van der Waals surface area contributed by atoms with Gasteiger partial charge in [-0.1, -0.05) is 44.1 Å². The van der Waals surface area contributed by atoms with Gasteiger partial charge in [0.15, 0.2) is 0 Å². The quantitative estimate of drug-likeness (QED) is 0.679. The standard InChI is InChI=1S/C11H18.2ClH.Zr/c1-3-5-6-11-8-7-10(4-2)9-11;;;/h7-10H,3-6H2,1-2H3;2*1H;/q;;;+2/p-2. The van der Waals surface area contributed by atoms with Crippen molar-refractivity contribution < 1.29 is 20.8 Å². The van der Waals surface area contributed by atoms with Crippen LogP contribution in [0.4, 0.5) is 0 Å². The Labute approximate surface area is 106 Å². The number of hydrogen-bond donors (Lipinski definition) is 0. The van der Waals surface area contributed by atoms with Gasteiger partial charge in [0.1, 0.15) is 0 Å². The molecule has 0 fully saturated rings. The second-order valence-corrected chi connectivity index (χ2v) is 7.08. The average molecular weight is 312 g/mol. The molecule has 1 atom stereocenters. The third-order valence-electron chi connectivity index (χ3n) is 2.28. The summed E-state index contributed by atoms with van der Waals surface area (Å²) in [5.74, 6) is 0.738. The second kappa shape index (κ2) is 10.5. The van der Waals surface area contributed by atoms with Crippen LogP contribution >= 0.6 is 17.0 Å². The van der Waals surface area contributed by atoms with Gasteiger partial charge in [0.25, 0.3) is 0 Å². The second-order valence-electron chi connectivity index (χ2n) is 3.35. The molecule has 0 aromatic rings. The Kier molecular flexibility index (Phi) is 11.2. The zero-order valence-corrected chi connectivity index (χ0v) is 12.9. The first-order chi connectivity index (χ1) is 6.78. The fourth-order valence-electron chi connectivity index (χ4n) is 1.43. The number of halogens is 2. The van der Waals surface area contributed by atoms with Crippen LogP contribution < -0.4 is 0 Å². The summed E-state index contributed by atoms with van der Waals surface area (Å²) < 4.78 is 0. The van der Waals surface area contributed by atoms with E-state index in [1.54, 1.807) is 5.57 Å². The van der Waals surface area contributed by atoms with Crippen molar-refractivity contribution in [1.82, 2.24) is 0 Å². The predicted molar refractivity (Wildman–Crippen MR) is 62.2 cm³/mol. The van der Waals surface area contributed by atoms with Crippen LogP contribution in [0.1, 0.15) is 39.5 Å². The Bertz CT molecular complexity index is 188. The first-order valence-electron chi connectivity index (χ1n) is 5.13. The molecule has 1 aliphatic carbocycles. The van der Waals surface area contributed by atoms with Crippen LogP contribution in [0.25, 0.3) is 0 Å². The Morgan fingerprint density at radius 1 is 1.36 bits per heavy atom. The van der Waals surface area contributed by atoms with Gasteiger partial charge >= 0.3 is 37.9 Å². The van der Waals surface area contributed by atoms with E-state index in [0.29, 0.717) is 0 Å². The Balaban J connectivity index is 0.000000500. The molecule has 1 rings (SSSR count). The van der Waals surface area contributed by atoms with Crippen LogP contribution in [0, 0.1) is 5.92 Å². The summed E-state index contributed by atoms with van der Waals surface area (Å²) in [6, 6.07) is 0. The van der Waals surface area contributed by atoms with E-state index >= 15 is 0 Å². The van der Waals surface area contributed by atoms with E-state index in [0.717, 1.165) is 5.92 Å². The van der Waals surface area contributed by atoms with Gasteiger partial charge in [-0.15, -0.1) is 0 Å². The van der Waals surface area contributed by atoms with Crippen LogP contribution in [-0.4, -0.2) is 0 Å². The van der Waals surface area contributed by atoms with Gasteiger partial charge in [-0.25, -0.2) is 0 Å². The first-order valence-corrected chi connectivity index (χ1v) is 11.5. The number of allylic oxidation sites excluding steroid dienone is 4. The van der Waals surface area contributed by atoms with E-state index < -0.39 is 20.8 Å². The minimum atomic E-state index is -0.826. The molecule has 0 heterocycles. The maximum atomic E-state index is 4.93. The number of hydrogen-bond acceptors (Lipinski definition) is 0. The molecular weight excluding hydrogens is 294 g/mol. The van der Waals surface area contributed by atoms with Crippen molar-refractivity contribution in [3.05, 3.63) is 23.8 Å². The van der Waals surface area contributed by atoms with Crippen molar-refractivity contribution in [2.24, 2.45) is 5.92 Å². The third kappa shape index (κ3) is 7.26. The summed E-state index contributed by atoms with van der Waals surface area (Å²) in [5.41, 5.74) is 1.55. The first kappa shape index (κ1) is 14.9. The Morgan fingerprint density at radius 3 is 2.43 bits per heavy atom. The molecule has 14 heavy (non-hydrogen) atoms. The van der Waals surface area contributed by atoms with E-state index in [1.807, 2.05) is 0 Å². The van der Waals surface area contributed by atoms with Crippen LogP contribution in [0.3, 0.4) is 0 Å². The molecule has 0 N–H and O–H groups in total. The van der Waals surface area contributed by atoms with Crippen molar-refractivity contribution in [1.29, 1.82) is 0 Å². The summed E-state index contributed by atoms with van der Waals surface area (Å²) in [4.78, 5) is 0. The molecule has 0 nitrogen and oxygen atoms in total. The van der Waals surface area contributed by atoms with Crippen LogP contribution in [-0.2, 0) is 20.8 Å². The van der Waals surface area contributed by atoms with Gasteiger partial charge in [0, 0.05) is 0 Å². The molecule has 0 radical (unpaired) electrons. The Hall–Kier alpha value is 0.943. The normalized spacial score (nSPS) is 18.6. The van der Waals surface area contributed by atoms with Crippen molar-refractivity contribution in [2.75, 3.05) is 0 Å². The van der Waals surface area contributed by atoms with E-state index in [-0.39, 0.29) is 0 Å². The van der Waals surface area contributed by atoms with Crippen LogP contribution in [0.15, 0.2) is 23.8 Å². The molecule has 0 saturated heterocycles. The number of unbranched alkanes of at least 4 members (excludes halogenated alkanes) is 1. The fourth-order valence-corrected chi connectivity index (χ4v) is 1.43. The third-order valence-corrected chi connectivity index (χ3v) is 2.28. The predicted octanol–water partition coefficient (Wildman–Crippen LogP) is 5.08. The molecule has 0 aliphatic heterocycles. The number of rotatable bonds is 4.